The molecule has 0 bridgehead atoms. The van der Waals surface area contributed by atoms with Gasteiger partial charge in [0.25, 0.3) is 5.91 Å². The number of amides is 1. The third kappa shape index (κ3) is 2.72. The second kappa shape index (κ2) is 6.00. The number of carbonyl (C=O) groups excluding carboxylic acids is 1. The molecule has 1 aromatic heterocycles. The number of thiocarbonyl (C=S) groups is 1. The minimum atomic E-state index is -0.616. The van der Waals surface area contributed by atoms with E-state index in [0.717, 1.165) is 0 Å². The van der Waals surface area contributed by atoms with Crippen LogP contribution in [0.1, 0.15) is 49.7 Å². The van der Waals surface area contributed by atoms with Gasteiger partial charge in [-0.1, -0.05) is 33.0 Å². The third-order valence-electron chi connectivity index (χ3n) is 3.34. The van der Waals surface area contributed by atoms with Crippen LogP contribution in [0.4, 0.5) is 0 Å². The molecule has 0 aliphatic carbocycles. The van der Waals surface area contributed by atoms with Crippen molar-refractivity contribution in [2.24, 2.45) is 5.73 Å². The Morgan fingerprint density at radius 3 is 2.50 bits per heavy atom. The van der Waals surface area contributed by atoms with E-state index in [4.69, 9.17) is 22.4 Å². The molecule has 1 heterocycles. The predicted molar refractivity (Wildman–Crippen MR) is 75.7 cm³/mol. The summed E-state index contributed by atoms with van der Waals surface area (Å²) in [5.74, 6) is 0.494. The van der Waals surface area contributed by atoms with Crippen molar-refractivity contribution in [1.82, 2.24) is 5.32 Å². The second-order valence-electron chi connectivity index (χ2n) is 4.22. The largest absolute Gasteiger partial charge is 0.469 e. The lowest BCUT2D eigenvalue weighted by Crippen LogP contribution is -2.56. The standard InChI is InChI=1S/C13H20N2O2S/c1-4-10-9(7-8-17-10)11(16)15-13(5-2,6-3)12(14)18/h7-8H,4-6H2,1-3H3,(H2,14,18)(H,15,16). The fourth-order valence-corrected chi connectivity index (χ4v) is 2.28. The third-order valence-corrected chi connectivity index (χ3v) is 3.73. The molecule has 3 N–H and O–H groups in total. The zero-order chi connectivity index (χ0) is 13.8. The Bertz CT molecular complexity index is 436. The van der Waals surface area contributed by atoms with Crippen LogP contribution in [0.15, 0.2) is 16.7 Å². The molecule has 0 saturated heterocycles. The van der Waals surface area contributed by atoms with Crippen LogP contribution in [-0.2, 0) is 6.42 Å². The minimum absolute atomic E-state index is 0.183. The quantitative estimate of drug-likeness (QED) is 0.777. The van der Waals surface area contributed by atoms with Crippen molar-refractivity contribution in [3.05, 3.63) is 23.7 Å². The molecule has 1 aromatic rings. The first-order valence-corrected chi connectivity index (χ1v) is 6.60. The van der Waals surface area contributed by atoms with E-state index in [1.165, 1.54) is 6.26 Å². The van der Waals surface area contributed by atoms with Crippen LogP contribution in [0.3, 0.4) is 0 Å². The van der Waals surface area contributed by atoms with Crippen LogP contribution in [-0.4, -0.2) is 16.4 Å². The second-order valence-corrected chi connectivity index (χ2v) is 4.66. The molecule has 4 nitrogen and oxygen atoms in total. The maximum absolute atomic E-state index is 12.2. The molecule has 0 aliphatic heterocycles. The van der Waals surface area contributed by atoms with Gasteiger partial charge in [-0.05, 0) is 18.9 Å². The van der Waals surface area contributed by atoms with E-state index in [1.54, 1.807) is 6.07 Å². The summed E-state index contributed by atoms with van der Waals surface area (Å²) in [4.78, 5) is 12.6. The Hall–Kier alpha value is -1.36. The molecule has 1 rings (SSSR count). The molecule has 0 atom stereocenters. The van der Waals surface area contributed by atoms with E-state index in [9.17, 15) is 4.79 Å². The number of nitrogens with two attached hydrogens (primary N) is 1. The SMILES string of the molecule is CCc1occc1C(=O)NC(CC)(CC)C(N)=S. The molecule has 0 saturated carbocycles. The lowest BCUT2D eigenvalue weighted by atomic mass is 9.92. The molecule has 5 heteroatoms. The molecule has 0 radical (unpaired) electrons. The van der Waals surface area contributed by atoms with Crippen molar-refractivity contribution >= 4 is 23.1 Å². The van der Waals surface area contributed by atoms with E-state index in [0.29, 0.717) is 35.6 Å². The van der Waals surface area contributed by atoms with Crippen LogP contribution in [0.5, 0.6) is 0 Å². The monoisotopic (exact) mass is 268 g/mol. The smallest absolute Gasteiger partial charge is 0.255 e. The van der Waals surface area contributed by atoms with Crippen LogP contribution in [0.25, 0.3) is 0 Å². The highest BCUT2D eigenvalue weighted by atomic mass is 32.1. The van der Waals surface area contributed by atoms with Crippen LogP contribution < -0.4 is 11.1 Å². The predicted octanol–water partition coefficient (Wildman–Crippen LogP) is 2.42. The average Bonchev–Trinajstić information content (AvgIpc) is 2.83. The first kappa shape index (κ1) is 14.7. The van der Waals surface area contributed by atoms with Crippen molar-refractivity contribution in [3.8, 4) is 0 Å². The Labute approximate surface area is 113 Å². The molecule has 0 aliphatic rings. The summed E-state index contributed by atoms with van der Waals surface area (Å²) in [7, 11) is 0. The van der Waals surface area contributed by atoms with Crippen molar-refractivity contribution in [2.45, 2.75) is 45.6 Å². The molecule has 0 spiro atoms. The fraction of sp³-hybridized carbons (Fsp3) is 0.538. The van der Waals surface area contributed by atoms with Crippen molar-refractivity contribution < 1.29 is 9.21 Å². The Morgan fingerprint density at radius 1 is 1.44 bits per heavy atom. The molecule has 0 fully saturated rings. The zero-order valence-electron chi connectivity index (χ0n) is 11.1. The number of furan rings is 1. The van der Waals surface area contributed by atoms with Crippen molar-refractivity contribution in [2.75, 3.05) is 0 Å². The van der Waals surface area contributed by atoms with E-state index in [1.807, 2.05) is 20.8 Å². The van der Waals surface area contributed by atoms with Crippen molar-refractivity contribution in [3.63, 3.8) is 0 Å². The summed E-state index contributed by atoms with van der Waals surface area (Å²) in [6.07, 6.45) is 3.54. The van der Waals surface area contributed by atoms with Crippen LogP contribution >= 0.6 is 12.2 Å². The molecule has 0 unspecified atom stereocenters. The van der Waals surface area contributed by atoms with Gasteiger partial charge in [0, 0.05) is 6.42 Å². The number of hydrogen-bond donors (Lipinski definition) is 2. The molecular weight excluding hydrogens is 248 g/mol. The Balaban J connectivity index is 2.95. The number of aryl methyl sites for hydroxylation is 1. The van der Waals surface area contributed by atoms with Gasteiger partial charge in [-0.15, -0.1) is 0 Å². The van der Waals surface area contributed by atoms with E-state index >= 15 is 0 Å². The highest BCUT2D eigenvalue weighted by Crippen LogP contribution is 2.18. The first-order chi connectivity index (χ1) is 8.50. The zero-order valence-corrected chi connectivity index (χ0v) is 11.9. The maximum Gasteiger partial charge on any atom is 0.255 e. The number of rotatable bonds is 6. The average molecular weight is 268 g/mol. The van der Waals surface area contributed by atoms with Crippen LogP contribution in [0.2, 0.25) is 0 Å². The first-order valence-electron chi connectivity index (χ1n) is 6.19. The molecule has 1 amide bonds. The minimum Gasteiger partial charge on any atom is -0.469 e. The number of carbonyl (C=O) groups is 1. The molecule has 100 valence electrons. The Kier molecular flexibility index (Phi) is 4.90. The summed E-state index contributed by atoms with van der Waals surface area (Å²) >= 11 is 5.08. The fourth-order valence-electron chi connectivity index (χ4n) is 1.94. The van der Waals surface area contributed by atoms with Gasteiger partial charge in [0.05, 0.1) is 22.4 Å². The summed E-state index contributed by atoms with van der Waals surface area (Å²) in [6.45, 7) is 5.86. The van der Waals surface area contributed by atoms with Gasteiger partial charge in [0.2, 0.25) is 0 Å². The number of hydrogen-bond acceptors (Lipinski definition) is 3. The lowest BCUT2D eigenvalue weighted by Gasteiger charge is -2.31. The van der Waals surface area contributed by atoms with Gasteiger partial charge in [-0.3, -0.25) is 4.79 Å². The van der Waals surface area contributed by atoms with Crippen molar-refractivity contribution in [1.29, 1.82) is 0 Å². The van der Waals surface area contributed by atoms with Gasteiger partial charge in [-0.25, -0.2) is 0 Å². The van der Waals surface area contributed by atoms with Gasteiger partial charge < -0.3 is 15.5 Å². The van der Waals surface area contributed by atoms with Crippen LogP contribution in [0, 0.1) is 0 Å². The van der Waals surface area contributed by atoms with Gasteiger partial charge >= 0.3 is 0 Å². The number of nitrogens with one attached hydrogen (secondary N) is 1. The lowest BCUT2D eigenvalue weighted by molar-refractivity contribution is 0.0918. The summed E-state index contributed by atoms with van der Waals surface area (Å²) in [5.41, 5.74) is 5.70. The molecular formula is C13H20N2O2S. The van der Waals surface area contributed by atoms with E-state index in [2.05, 4.69) is 5.32 Å². The molecule has 0 aromatic carbocycles. The summed E-state index contributed by atoms with van der Waals surface area (Å²) in [6, 6.07) is 1.67. The van der Waals surface area contributed by atoms with E-state index < -0.39 is 5.54 Å². The summed E-state index contributed by atoms with van der Waals surface area (Å²) < 4.78 is 5.25. The highest BCUT2D eigenvalue weighted by molar-refractivity contribution is 7.80. The normalized spacial score (nSPS) is 11.3. The van der Waals surface area contributed by atoms with E-state index in [-0.39, 0.29) is 5.91 Å². The van der Waals surface area contributed by atoms with Gasteiger partial charge in [0.15, 0.2) is 0 Å². The summed E-state index contributed by atoms with van der Waals surface area (Å²) in [5, 5.41) is 2.94. The molecule has 18 heavy (non-hydrogen) atoms. The maximum atomic E-state index is 12.2. The topological polar surface area (TPSA) is 68.3 Å². The van der Waals surface area contributed by atoms with Gasteiger partial charge in [0.1, 0.15) is 5.76 Å². The Morgan fingerprint density at radius 2 is 2.06 bits per heavy atom. The highest BCUT2D eigenvalue weighted by Gasteiger charge is 2.32. The van der Waals surface area contributed by atoms with Gasteiger partial charge in [-0.2, -0.15) is 0 Å².